The van der Waals surface area contributed by atoms with Crippen molar-refractivity contribution in [3.63, 3.8) is 0 Å². The quantitative estimate of drug-likeness (QED) is 0.941. The summed E-state index contributed by atoms with van der Waals surface area (Å²) in [7, 11) is 0. The molecule has 3 rings (SSSR count). The van der Waals surface area contributed by atoms with Crippen LogP contribution >= 0.6 is 0 Å². The van der Waals surface area contributed by atoms with Crippen molar-refractivity contribution in [2.24, 2.45) is 0 Å². The highest BCUT2D eigenvalue weighted by atomic mass is 16.4. The van der Waals surface area contributed by atoms with Gasteiger partial charge in [-0.1, -0.05) is 30.3 Å². The zero-order chi connectivity index (χ0) is 15.5. The first-order valence-electron chi connectivity index (χ1n) is 7.15. The molecule has 2 heterocycles. The molecule has 0 saturated carbocycles. The van der Waals surface area contributed by atoms with Crippen LogP contribution < -0.4 is 4.90 Å². The Morgan fingerprint density at radius 1 is 1.32 bits per heavy atom. The van der Waals surface area contributed by atoms with Gasteiger partial charge < -0.3 is 10.0 Å². The molecular weight excluding hydrogens is 278 g/mol. The van der Waals surface area contributed by atoms with Crippen molar-refractivity contribution in [1.29, 1.82) is 5.26 Å². The van der Waals surface area contributed by atoms with Crippen molar-refractivity contribution in [3.05, 3.63) is 48.2 Å². The van der Waals surface area contributed by atoms with E-state index in [1.165, 1.54) is 0 Å². The summed E-state index contributed by atoms with van der Waals surface area (Å²) in [6, 6.07) is 13.0. The lowest BCUT2D eigenvalue weighted by molar-refractivity contribution is -0.138. The molecular formula is C17H15N3O2. The van der Waals surface area contributed by atoms with E-state index in [0.29, 0.717) is 24.3 Å². The molecule has 0 spiro atoms. The maximum absolute atomic E-state index is 11.3. The highest BCUT2D eigenvalue weighted by molar-refractivity contribution is 5.80. The van der Waals surface area contributed by atoms with E-state index >= 15 is 0 Å². The fourth-order valence-corrected chi connectivity index (χ4v) is 2.83. The van der Waals surface area contributed by atoms with Crippen molar-refractivity contribution >= 4 is 11.8 Å². The summed E-state index contributed by atoms with van der Waals surface area (Å²) < 4.78 is 0. The molecule has 5 nitrogen and oxygen atoms in total. The van der Waals surface area contributed by atoms with Gasteiger partial charge in [-0.25, -0.2) is 9.78 Å². The topological polar surface area (TPSA) is 77.2 Å². The number of nitriles is 1. The second-order valence-electron chi connectivity index (χ2n) is 5.26. The number of carboxylic acid groups (broad SMARTS) is 1. The molecule has 1 aliphatic rings. The lowest BCUT2D eigenvalue weighted by Crippen LogP contribution is -2.36. The van der Waals surface area contributed by atoms with E-state index in [1.807, 2.05) is 30.3 Å². The molecule has 1 unspecified atom stereocenters. The Bertz CT molecular complexity index is 737. The highest BCUT2D eigenvalue weighted by Crippen LogP contribution is 2.29. The van der Waals surface area contributed by atoms with Crippen molar-refractivity contribution in [2.75, 3.05) is 11.4 Å². The lowest BCUT2D eigenvalue weighted by atomic mass is 10.1. The molecule has 1 aliphatic heterocycles. The molecule has 110 valence electrons. The van der Waals surface area contributed by atoms with Gasteiger partial charge in [0.05, 0.1) is 5.56 Å². The number of hydrogen-bond donors (Lipinski definition) is 1. The summed E-state index contributed by atoms with van der Waals surface area (Å²) in [4.78, 5) is 17.4. The average Bonchev–Trinajstić information content (AvgIpc) is 3.04. The van der Waals surface area contributed by atoms with Crippen LogP contribution in [0.1, 0.15) is 18.4 Å². The van der Waals surface area contributed by atoms with Crippen LogP contribution in [0.2, 0.25) is 0 Å². The number of aliphatic carboxylic acids is 1. The Balaban J connectivity index is 2.00. The molecule has 0 aliphatic carbocycles. The third-order valence-corrected chi connectivity index (χ3v) is 3.90. The van der Waals surface area contributed by atoms with E-state index in [9.17, 15) is 15.2 Å². The predicted octanol–water partition coefficient (Wildman–Crippen LogP) is 2.67. The molecule has 0 bridgehead atoms. The first kappa shape index (κ1) is 14.1. The minimum Gasteiger partial charge on any atom is -0.480 e. The van der Waals surface area contributed by atoms with Gasteiger partial charge in [-0.05, 0) is 24.5 Å². The monoisotopic (exact) mass is 293 g/mol. The Morgan fingerprint density at radius 3 is 2.77 bits per heavy atom. The minimum absolute atomic E-state index is 0.412. The molecule has 1 saturated heterocycles. The van der Waals surface area contributed by atoms with E-state index in [1.54, 1.807) is 17.2 Å². The maximum Gasteiger partial charge on any atom is 0.326 e. The summed E-state index contributed by atoms with van der Waals surface area (Å²) in [6.45, 7) is 0.614. The number of rotatable bonds is 3. The van der Waals surface area contributed by atoms with Gasteiger partial charge in [-0.2, -0.15) is 5.26 Å². The van der Waals surface area contributed by atoms with Crippen LogP contribution in [0.5, 0.6) is 0 Å². The Labute approximate surface area is 128 Å². The Kier molecular flexibility index (Phi) is 3.75. The third kappa shape index (κ3) is 2.51. The van der Waals surface area contributed by atoms with E-state index < -0.39 is 12.0 Å². The standard InChI is InChI=1S/C17H15N3O2/c18-10-13-9-14(12-5-2-1-3-6-12)11-19-16(13)20-8-4-7-15(20)17(21)22/h1-3,5-6,9,11,15H,4,7-8H2,(H,21,22). The van der Waals surface area contributed by atoms with Gasteiger partial charge in [-0.3, -0.25) is 0 Å². The number of aromatic nitrogens is 1. The fourth-order valence-electron chi connectivity index (χ4n) is 2.83. The van der Waals surface area contributed by atoms with Crippen molar-refractivity contribution in [1.82, 2.24) is 4.98 Å². The highest BCUT2D eigenvalue weighted by Gasteiger charge is 2.32. The second kappa shape index (κ2) is 5.86. The molecule has 0 amide bonds. The molecule has 22 heavy (non-hydrogen) atoms. The third-order valence-electron chi connectivity index (χ3n) is 3.90. The number of anilines is 1. The van der Waals surface area contributed by atoms with Gasteiger partial charge in [-0.15, -0.1) is 0 Å². The lowest BCUT2D eigenvalue weighted by Gasteiger charge is -2.23. The van der Waals surface area contributed by atoms with Gasteiger partial charge in [0.15, 0.2) is 0 Å². The van der Waals surface area contributed by atoms with E-state index in [2.05, 4.69) is 11.1 Å². The molecule has 1 aromatic heterocycles. The predicted molar refractivity (Wildman–Crippen MR) is 82.4 cm³/mol. The van der Waals surface area contributed by atoms with Gasteiger partial charge in [0, 0.05) is 18.3 Å². The summed E-state index contributed by atoms with van der Waals surface area (Å²) >= 11 is 0. The average molecular weight is 293 g/mol. The second-order valence-corrected chi connectivity index (χ2v) is 5.26. The number of nitrogens with zero attached hydrogens (tertiary/aromatic N) is 3. The van der Waals surface area contributed by atoms with Crippen LogP contribution in [0.4, 0.5) is 5.82 Å². The molecule has 5 heteroatoms. The Morgan fingerprint density at radius 2 is 2.09 bits per heavy atom. The van der Waals surface area contributed by atoms with Crippen LogP contribution in [0.15, 0.2) is 42.6 Å². The van der Waals surface area contributed by atoms with E-state index in [0.717, 1.165) is 17.5 Å². The molecule has 1 atom stereocenters. The smallest absolute Gasteiger partial charge is 0.326 e. The van der Waals surface area contributed by atoms with Gasteiger partial charge in [0.2, 0.25) is 0 Å². The summed E-state index contributed by atoms with van der Waals surface area (Å²) in [5.41, 5.74) is 2.25. The van der Waals surface area contributed by atoms with E-state index in [-0.39, 0.29) is 0 Å². The number of carbonyl (C=O) groups is 1. The number of pyridine rings is 1. The van der Waals surface area contributed by atoms with E-state index in [4.69, 9.17) is 0 Å². The fraction of sp³-hybridized carbons (Fsp3) is 0.235. The molecule has 1 aromatic carbocycles. The van der Waals surface area contributed by atoms with Crippen LogP contribution in [-0.2, 0) is 4.79 Å². The molecule has 1 N–H and O–H groups in total. The number of hydrogen-bond acceptors (Lipinski definition) is 4. The number of carboxylic acids is 1. The van der Waals surface area contributed by atoms with Crippen LogP contribution in [0, 0.1) is 11.3 Å². The zero-order valence-electron chi connectivity index (χ0n) is 11.9. The first-order chi connectivity index (χ1) is 10.7. The zero-order valence-corrected chi connectivity index (χ0v) is 11.9. The largest absolute Gasteiger partial charge is 0.480 e. The Hall–Kier alpha value is -2.87. The molecule has 0 radical (unpaired) electrons. The van der Waals surface area contributed by atoms with Crippen LogP contribution in [0.25, 0.3) is 11.1 Å². The van der Waals surface area contributed by atoms with Crippen molar-refractivity contribution in [3.8, 4) is 17.2 Å². The normalized spacial score (nSPS) is 17.2. The van der Waals surface area contributed by atoms with Gasteiger partial charge in [0.25, 0.3) is 0 Å². The minimum atomic E-state index is -0.865. The number of benzene rings is 1. The van der Waals surface area contributed by atoms with Crippen LogP contribution in [0.3, 0.4) is 0 Å². The summed E-state index contributed by atoms with van der Waals surface area (Å²) in [6.07, 6.45) is 3.08. The molecule has 1 fully saturated rings. The van der Waals surface area contributed by atoms with Gasteiger partial charge in [0.1, 0.15) is 17.9 Å². The maximum atomic E-state index is 11.3. The first-order valence-corrected chi connectivity index (χ1v) is 7.15. The summed E-state index contributed by atoms with van der Waals surface area (Å²) in [5.74, 6) is -0.401. The summed E-state index contributed by atoms with van der Waals surface area (Å²) in [5, 5.41) is 18.7. The van der Waals surface area contributed by atoms with Gasteiger partial charge >= 0.3 is 5.97 Å². The van der Waals surface area contributed by atoms with Crippen molar-refractivity contribution < 1.29 is 9.90 Å². The van der Waals surface area contributed by atoms with Crippen LogP contribution in [-0.4, -0.2) is 28.6 Å². The molecule has 2 aromatic rings. The SMILES string of the molecule is N#Cc1cc(-c2ccccc2)cnc1N1CCCC1C(=O)O. The van der Waals surface area contributed by atoms with Crippen molar-refractivity contribution in [2.45, 2.75) is 18.9 Å².